The maximum absolute atomic E-state index is 11.1. The standard InChI is InChI=1S/C9H18N2O3/c1-7(10)3-2-4-8(12)11-6-5-9(13)14/h7H,2-6,10H2,1H3,(H,11,12)(H,13,14). The van der Waals surface area contributed by atoms with Crippen molar-refractivity contribution < 1.29 is 14.7 Å². The van der Waals surface area contributed by atoms with Gasteiger partial charge in [0.15, 0.2) is 0 Å². The number of carboxylic acids is 1. The van der Waals surface area contributed by atoms with Crippen LogP contribution in [-0.2, 0) is 9.59 Å². The van der Waals surface area contributed by atoms with Crippen molar-refractivity contribution in [3.8, 4) is 0 Å². The van der Waals surface area contributed by atoms with Gasteiger partial charge in [0.25, 0.3) is 0 Å². The van der Waals surface area contributed by atoms with E-state index in [0.717, 1.165) is 12.8 Å². The van der Waals surface area contributed by atoms with Gasteiger partial charge < -0.3 is 16.2 Å². The number of carbonyl (C=O) groups is 2. The Morgan fingerprint density at radius 2 is 2.07 bits per heavy atom. The van der Waals surface area contributed by atoms with Crippen LogP contribution in [-0.4, -0.2) is 29.6 Å². The molecule has 0 radical (unpaired) electrons. The fourth-order valence-corrected chi connectivity index (χ4v) is 0.982. The topological polar surface area (TPSA) is 92.4 Å². The lowest BCUT2D eigenvalue weighted by molar-refractivity contribution is -0.136. The molecule has 82 valence electrons. The van der Waals surface area contributed by atoms with E-state index in [1.165, 1.54) is 0 Å². The van der Waals surface area contributed by atoms with Gasteiger partial charge in [-0.1, -0.05) is 0 Å². The van der Waals surface area contributed by atoms with Gasteiger partial charge in [0.1, 0.15) is 0 Å². The molecule has 0 saturated carbocycles. The minimum Gasteiger partial charge on any atom is -0.481 e. The van der Waals surface area contributed by atoms with E-state index in [-0.39, 0.29) is 24.9 Å². The number of nitrogens with two attached hydrogens (primary N) is 1. The summed E-state index contributed by atoms with van der Waals surface area (Å²) in [5, 5.41) is 10.8. The summed E-state index contributed by atoms with van der Waals surface area (Å²) in [5.41, 5.74) is 5.51. The van der Waals surface area contributed by atoms with Crippen molar-refractivity contribution in [2.24, 2.45) is 5.73 Å². The lowest BCUT2D eigenvalue weighted by atomic mass is 10.1. The van der Waals surface area contributed by atoms with Crippen LogP contribution >= 0.6 is 0 Å². The van der Waals surface area contributed by atoms with Crippen LogP contribution in [0.25, 0.3) is 0 Å². The van der Waals surface area contributed by atoms with Gasteiger partial charge in [-0.05, 0) is 19.8 Å². The zero-order chi connectivity index (χ0) is 11.0. The number of hydrogen-bond acceptors (Lipinski definition) is 3. The smallest absolute Gasteiger partial charge is 0.305 e. The van der Waals surface area contributed by atoms with E-state index in [2.05, 4.69) is 5.32 Å². The van der Waals surface area contributed by atoms with Crippen molar-refractivity contribution in [3.05, 3.63) is 0 Å². The second-order valence-corrected chi connectivity index (χ2v) is 3.36. The van der Waals surface area contributed by atoms with Crippen LogP contribution in [0.5, 0.6) is 0 Å². The molecule has 0 saturated heterocycles. The van der Waals surface area contributed by atoms with E-state index in [1.807, 2.05) is 6.92 Å². The van der Waals surface area contributed by atoms with E-state index < -0.39 is 5.97 Å². The van der Waals surface area contributed by atoms with Crippen LogP contribution in [0.15, 0.2) is 0 Å². The Hall–Kier alpha value is -1.10. The highest BCUT2D eigenvalue weighted by Gasteiger charge is 2.03. The average molecular weight is 202 g/mol. The Labute approximate surface area is 83.7 Å². The molecule has 5 nitrogen and oxygen atoms in total. The van der Waals surface area contributed by atoms with Gasteiger partial charge >= 0.3 is 5.97 Å². The van der Waals surface area contributed by atoms with Gasteiger partial charge in [-0.3, -0.25) is 9.59 Å². The summed E-state index contributed by atoms with van der Waals surface area (Å²) in [4.78, 5) is 21.2. The van der Waals surface area contributed by atoms with E-state index in [9.17, 15) is 9.59 Å². The van der Waals surface area contributed by atoms with Crippen LogP contribution in [0.1, 0.15) is 32.6 Å². The molecule has 0 aliphatic carbocycles. The van der Waals surface area contributed by atoms with Gasteiger partial charge in [-0.15, -0.1) is 0 Å². The summed E-state index contributed by atoms with van der Waals surface area (Å²) < 4.78 is 0. The number of rotatable bonds is 7. The summed E-state index contributed by atoms with van der Waals surface area (Å²) in [6.07, 6.45) is 1.95. The highest BCUT2D eigenvalue weighted by molar-refractivity contribution is 5.76. The third-order valence-corrected chi connectivity index (χ3v) is 1.72. The van der Waals surface area contributed by atoms with Crippen molar-refractivity contribution >= 4 is 11.9 Å². The van der Waals surface area contributed by atoms with Crippen molar-refractivity contribution in [2.45, 2.75) is 38.6 Å². The van der Waals surface area contributed by atoms with Gasteiger partial charge in [0, 0.05) is 19.0 Å². The monoisotopic (exact) mass is 202 g/mol. The van der Waals surface area contributed by atoms with E-state index in [0.29, 0.717) is 6.42 Å². The molecule has 0 aliphatic rings. The van der Waals surface area contributed by atoms with Crippen LogP contribution in [0, 0.1) is 0 Å². The number of carbonyl (C=O) groups excluding carboxylic acids is 1. The molecule has 0 aromatic carbocycles. The van der Waals surface area contributed by atoms with E-state index >= 15 is 0 Å². The van der Waals surface area contributed by atoms with Gasteiger partial charge in [0.2, 0.25) is 5.91 Å². The molecule has 0 rings (SSSR count). The zero-order valence-corrected chi connectivity index (χ0v) is 8.45. The summed E-state index contributed by atoms with van der Waals surface area (Å²) in [6, 6.07) is 0.113. The molecule has 5 heteroatoms. The molecule has 0 heterocycles. The molecule has 0 aliphatic heterocycles. The summed E-state index contributed by atoms with van der Waals surface area (Å²) in [6.45, 7) is 2.09. The third-order valence-electron chi connectivity index (χ3n) is 1.72. The van der Waals surface area contributed by atoms with E-state index in [4.69, 9.17) is 10.8 Å². The SMILES string of the molecule is CC(N)CCCC(=O)NCCC(=O)O. The molecule has 1 atom stereocenters. The largest absolute Gasteiger partial charge is 0.481 e. The Balaban J connectivity index is 3.33. The molecule has 0 spiro atoms. The first-order valence-corrected chi connectivity index (χ1v) is 4.76. The minimum absolute atomic E-state index is 0.0287. The lowest BCUT2D eigenvalue weighted by Gasteiger charge is -2.05. The highest BCUT2D eigenvalue weighted by atomic mass is 16.4. The lowest BCUT2D eigenvalue weighted by Crippen LogP contribution is -2.26. The molecule has 14 heavy (non-hydrogen) atoms. The summed E-state index contributed by atoms with van der Waals surface area (Å²) in [5.74, 6) is -1.01. The van der Waals surface area contributed by atoms with Crippen LogP contribution < -0.4 is 11.1 Å². The molecular weight excluding hydrogens is 184 g/mol. The van der Waals surface area contributed by atoms with Crippen LogP contribution in [0.3, 0.4) is 0 Å². The van der Waals surface area contributed by atoms with E-state index in [1.54, 1.807) is 0 Å². The van der Waals surface area contributed by atoms with Gasteiger partial charge in [0.05, 0.1) is 6.42 Å². The Kier molecular flexibility index (Phi) is 6.74. The van der Waals surface area contributed by atoms with Crippen molar-refractivity contribution in [1.82, 2.24) is 5.32 Å². The second kappa shape index (κ2) is 7.32. The quantitative estimate of drug-likeness (QED) is 0.545. The first-order chi connectivity index (χ1) is 6.52. The van der Waals surface area contributed by atoms with Crippen molar-refractivity contribution in [1.29, 1.82) is 0 Å². The molecular formula is C9H18N2O3. The van der Waals surface area contributed by atoms with Crippen LogP contribution in [0.4, 0.5) is 0 Å². The fourth-order valence-electron chi connectivity index (χ4n) is 0.982. The first kappa shape index (κ1) is 12.9. The second-order valence-electron chi connectivity index (χ2n) is 3.36. The van der Waals surface area contributed by atoms with Gasteiger partial charge in [-0.2, -0.15) is 0 Å². The zero-order valence-electron chi connectivity index (χ0n) is 8.45. The number of nitrogens with one attached hydrogen (secondary N) is 1. The fraction of sp³-hybridized carbons (Fsp3) is 0.778. The number of hydrogen-bond donors (Lipinski definition) is 3. The van der Waals surface area contributed by atoms with Gasteiger partial charge in [-0.25, -0.2) is 0 Å². The minimum atomic E-state index is -0.902. The maximum atomic E-state index is 11.1. The predicted molar refractivity (Wildman–Crippen MR) is 52.8 cm³/mol. The first-order valence-electron chi connectivity index (χ1n) is 4.76. The Morgan fingerprint density at radius 1 is 1.43 bits per heavy atom. The molecule has 0 aromatic heterocycles. The number of aliphatic carboxylic acids is 1. The summed E-state index contributed by atoms with van der Waals surface area (Å²) in [7, 11) is 0. The molecule has 0 bridgehead atoms. The maximum Gasteiger partial charge on any atom is 0.305 e. The highest BCUT2D eigenvalue weighted by Crippen LogP contribution is 1.97. The molecule has 4 N–H and O–H groups in total. The Bertz CT molecular complexity index is 192. The van der Waals surface area contributed by atoms with Crippen molar-refractivity contribution in [3.63, 3.8) is 0 Å². The normalized spacial score (nSPS) is 12.1. The molecule has 0 aromatic rings. The van der Waals surface area contributed by atoms with Crippen LogP contribution in [0.2, 0.25) is 0 Å². The predicted octanol–water partition coefficient (Wildman–Crippen LogP) is 0.0948. The molecule has 1 unspecified atom stereocenters. The van der Waals surface area contributed by atoms with Crippen molar-refractivity contribution in [2.75, 3.05) is 6.54 Å². The number of carboxylic acid groups (broad SMARTS) is 1. The number of amides is 1. The summed E-state index contributed by atoms with van der Waals surface area (Å²) >= 11 is 0. The average Bonchev–Trinajstić information content (AvgIpc) is 2.02. The third kappa shape index (κ3) is 8.99. The Morgan fingerprint density at radius 3 is 2.57 bits per heavy atom. The molecule has 1 amide bonds. The molecule has 0 fully saturated rings.